The van der Waals surface area contributed by atoms with Gasteiger partial charge in [0.25, 0.3) is 0 Å². The van der Waals surface area contributed by atoms with Gasteiger partial charge in [0.2, 0.25) is 0 Å². The fourth-order valence-corrected chi connectivity index (χ4v) is 1.13. The van der Waals surface area contributed by atoms with Crippen LogP contribution in [-0.2, 0) is 0 Å². The van der Waals surface area contributed by atoms with Crippen LogP contribution in [0.2, 0.25) is 0 Å². The molecule has 1 heteroatoms. The summed E-state index contributed by atoms with van der Waals surface area (Å²) in [5.74, 6) is 0. The topological polar surface area (TPSA) is 12.4 Å². The highest BCUT2D eigenvalue weighted by molar-refractivity contribution is 5.90. The Morgan fingerprint density at radius 2 is 2.17 bits per heavy atom. The van der Waals surface area contributed by atoms with Gasteiger partial charge in [-0.15, -0.1) is 0 Å². The average Bonchev–Trinajstić information content (AvgIpc) is 2.04. The third-order valence-corrected chi connectivity index (χ3v) is 1.80. The molecule has 1 aromatic rings. The molecule has 0 atom stereocenters. The monoisotopic (exact) mass is 159 g/mol. The summed E-state index contributed by atoms with van der Waals surface area (Å²) in [5.41, 5.74) is 1.24. The van der Waals surface area contributed by atoms with Crippen molar-refractivity contribution in [2.75, 3.05) is 7.05 Å². The van der Waals surface area contributed by atoms with Crippen LogP contribution in [0.4, 0.5) is 0 Å². The zero-order valence-corrected chi connectivity index (χ0v) is 7.54. The molecule has 0 aromatic heterocycles. The lowest BCUT2D eigenvalue weighted by Gasteiger charge is -1.92. The van der Waals surface area contributed by atoms with Crippen LogP contribution in [0.5, 0.6) is 0 Å². The summed E-state index contributed by atoms with van der Waals surface area (Å²) in [6, 6.07) is 6.09. The summed E-state index contributed by atoms with van der Waals surface area (Å²) < 4.78 is 0. The van der Waals surface area contributed by atoms with Crippen LogP contribution in [0.15, 0.2) is 23.2 Å². The third-order valence-electron chi connectivity index (χ3n) is 1.80. The Hall–Kier alpha value is -1.37. The van der Waals surface area contributed by atoms with E-state index in [1.54, 1.807) is 13.3 Å². The molecule has 62 valence electrons. The van der Waals surface area contributed by atoms with Gasteiger partial charge in [0.15, 0.2) is 0 Å². The van der Waals surface area contributed by atoms with Crippen molar-refractivity contribution in [2.24, 2.45) is 4.99 Å². The fourth-order valence-electron chi connectivity index (χ4n) is 1.13. The second-order valence-corrected chi connectivity index (χ2v) is 2.72. The smallest absolute Gasteiger partial charge is 0.0277 e. The van der Waals surface area contributed by atoms with Crippen molar-refractivity contribution < 1.29 is 0 Å². The molecule has 0 amide bonds. The van der Waals surface area contributed by atoms with Gasteiger partial charge >= 0.3 is 0 Å². The largest absolute Gasteiger partial charge is 0.296 e. The van der Waals surface area contributed by atoms with E-state index in [1.807, 2.05) is 18.2 Å². The molecule has 0 bridgehead atoms. The summed E-state index contributed by atoms with van der Waals surface area (Å²) in [7, 11) is 1.76. The van der Waals surface area contributed by atoms with E-state index in [4.69, 9.17) is 0 Å². The molecule has 0 saturated heterocycles. The van der Waals surface area contributed by atoms with Gasteiger partial charge in [0.1, 0.15) is 0 Å². The van der Waals surface area contributed by atoms with Gasteiger partial charge in [-0.3, -0.25) is 4.99 Å². The molecule has 0 aliphatic rings. The van der Waals surface area contributed by atoms with Gasteiger partial charge in [-0.05, 0) is 29.0 Å². The summed E-state index contributed by atoms with van der Waals surface area (Å²) >= 11 is 0. The molecule has 12 heavy (non-hydrogen) atoms. The van der Waals surface area contributed by atoms with Crippen LogP contribution >= 0.6 is 0 Å². The number of hydrogen-bond acceptors (Lipinski definition) is 1. The van der Waals surface area contributed by atoms with Crippen LogP contribution in [0.3, 0.4) is 0 Å². The highest BCUT2D eigenvalue weighted by Gasteiger charge is 1.85. The molecule has 0 fully saturated rings. The van der Waals surface area contributed by atoms with Crippen LogP contribution in [0, 0.1) is 6.92 Å². The maximum absolute atomic E-state index is 3.94. The van der Waals surface area contributed by atoms with Gasteiger partial charge < -0.3 is 0 Å². The molecule has 1 rings (SSSR count). The van der Waals surface area contributed by atoms with Gasteiger partial charge in [-0.25, -0.2) is 0 Å². The maximum atomic E-state index is 3.94. The molecule has 0 aliphatic heterocycles. The van der Waals surface area contributed by atoms with E-state index in [9.17, 15) is 0 Å². The van der Waals surface area contributed by atoms with Crippen LogP contribution in [0.1, 0.15) is 5.56 Å². The number of aryl methyl sites for hydroxylation is 1. The first-order chi connectivity index (χ1) is 5.75. The predicted molar refractivity (Wildman–Crippen MR) is 54.8 cm³/mol. The Labute approximate surface area is 72.8 Å². The number of hydrogen-bond donors (Lipinski definition) is 0. The standard InChI is InChI=1S/C11H13N/c1-9-5-4-6-10(2)11(9)7-8-12-3/h4-8H,1H2,2-3H3/b11-7+,12-8?. The van der Waals surface area contributed by atoms with Crippen LogP contribution in [-0.4, -0.2) is 13.3 Å². The molecule has 0 aliphatic carbocycles. The second kappa shape index (κ2) is 3.86. The minimum absolute atomic E-state index is 1.05. The lowest BCUT2D eigenvalue weighted by Crippen LogP contribution is -2.25. The van der Waals surface area contributed by atoms with Crippen molar-refractivity contribution in [3.63, 3.8) is 0 Å². The maximum Gasteiger partial charge on any atom is 0.0277 e. The summed E-state index contributed by atoms with van der Waals surface area (Å²) in [6.07, 6.45) is 3.77. The normalized spacial score (nSPS) is 12.7. The lowest BCUT2D eigenvalue weighted by molar-refractivity contribution is 1.38. The zero-order valence-electron chi connectivity index (χ0n) is 7.54. The number of nitrogens with zero attached hydrogens (tertiary/aromatic N) is 1. The van der Waals surface area contributed by atoms with E-state index < -0.39 is 0 Å². The molecule has 1 nitrogen and oxygen atoms in total. The van der Waals surface area contributed by atoms with Gasteiger partial charge in [-0.2, -0.15) is 0 Å². The molecule has 0 spiro atoms. The highest BCUT2D eigenvalue weighted by atomic mass is 14.6. The Morgan fingerprint density at radius 3 is 2.75 bits per heavy atom. The van der Waals surface area contributed by atoms with Gasteiger partial charge in [0.05, 0.1) is 0 Å². The summed E-state index contributed by atoms with van der Waals surface area (Å²) in [4.78, 5) is 3.90. The number of aliphatic imine (C=N–C) groups is 1. The minimum Gasteiger partial charge on any atom is -0.296 e. The summed E-state index contributed by atoms with van der Waals surface area (Å²) in [5, 5.41) is 2.22. The van der Waals surface area contributed by atoms with Crippen molar-refractivity contribution in [2.45, 2.75) is 6.92 Å². The first-order valence-electron chi connectivity index (χ1n) is 3.92. The van der Waals surface area contributed by atoms with E-state index in [0.717, 1.165) is 5.22 Å². The molecule has 1 aromatic carbocycles. The lowest BCUT2D eigenvalue weighted by atomic mass is 10.1. The molecular formula is C11H13N. The van der Waals surface area contributed by atoms with Crippen molar-refractivity contribution in [3.05, 3.63) is 34.2 Å². The molecule has 0 radical (unpaired) electrons. The Bertz CT molecular complexity index is 388. The highest BCUT2D eigenvalue weighted by Crippen LogP contribution is 1.82. The molecule has 0 heterocycles. The number of benzene rings is 1. The Kier molecular flexibility index (Phi) is 2.81. The molecule has 0 unspecified atom stereocenters. The SMILES string of the molecule is C=c1cccc(C)/c1=C/C=NC. The van der Waals surface area contributed by atoms with E-state index in [0.29, 0.717) is 0 Å². The first kappa shape index (κ1) is 8.72. The van der Waals surface area contributed by atoms with Crippen molar-refractivity contribution in [3.8, 4) is 0 Å². The zero-order chi connectivity index (χ0) is 8.97. The van der Waals surface area contributed by atoms with Crippen molar-refractivity contribution in [1.82, 2.24) is 0 Å². The minimum atomic E-state index is 1.05. The second-order valence-electron chi connectivity index (χ2n) is 2.72. The van der Waals surface area contributed by atoms with Crippen molar-refractivity contribution in [1.29, 1.82) is 0 Å². The van der Waals surface area contributed by atoms with E-state index >= 15 is 0 Å². The number of rotatable bonds is 1. The fraction of sp³-hybridized carbons (Fsp3) is 0.182. The van der Waals surface area contributed by atoms with E-state index in [1.165, 1.54) is 10.8 Å². The van der Waals surface area contributed by atoms with E-state index in [2.05, 4.69) is 24.6 Å². The molecule has 0 saturated carbocycles. The quantitative estimate of drug-likeness (QED) is 0.540. The van der Waals surface area contributed by atoms with Gasteiger partial charge in [0, 0.05) is 13.3 Å². The van der Waals surface area contributed by atoms with Crippen molar-refractivity contribution >= 4 is 18.9 Å². The van der Waals surface area contributed by atoms with Crippen LogP contribution in [0.25, 0.3) is 12.7 Å². The third kappa shape index (κ3) is 1.82. The van der Waals surface area contributed by atoms with E-state index in [-0.39, 0.29) is 0 Å². The summed E-state index contributed by atoms with van der Waals surface area (Å²) in [6.45, 7) is 6.01. The molecular weight excluding hydrogens is 146 g/mol. The molecule has 0 N–H and O–H groups in total. The van der Waals surface area contributed by atoms with Crippen LogP contribution < -0.4 is 10.4 Å². The average molecular weight is 159 g/mol. The Balaban J connectivity index is 3.41. The Morgan fingerprint density at radius 1 is 1.42 bits per heavy atom. The first-order valence-corrected chi connectivity index (χ1v) is 3.92. The predicted octanol–water partition coefficient (Wildman–Crippen LogP) is 0.886. The van der Waals surface area contributed by atoms with Gasteiger partial charge in [-0.1, -0.05) is 24.8 Å².